The molecule has 28 heavy (non-hydrogen) atoms. The van der Waals surface area contributed by atoms with E-state index in [4.69, 9.17) is 0 Å². The Bertz CT molecular complexity index is 807. The van der Waals surface area contributed by atoms with Gasteiger partial charge in [0, 0.05) is 0 Å². The van der Waals surface area contributed by atoms with Crippen molar-refractivity contribution in [2.45, 2.75) is 54.4 Å². The second-order valence-corrected chi connectivity index (χ2v) is 9.72. The van der Waals surface area contributed by atoms with Crippen molar-refractivity contribution in [2.75, 3.05) is 0 Å². The molecule has 148 valence electrons. The Morgan fingerprint density at radius 3 is 2.04 bits per heavy atom. The molecule has 2 aromatic carbocycles. The summed E-state index contributed by atoms with van der Waals surface area (Å²) in [5.41, 5.74) is 11.2. The average molecular weight is 491 g/mol. The molecule has 0 radical (unpaired) electrons. The normalized spacial score (nSPS) is 11.7. The van der Waals surface area contributed by atoms with E-state index in [9.17, 15) is 0 Å². The van der Waals surface area contributed by atoms with Crippen LogP contribution in [0.2, 0.25) is 0 Å². The monoisotopic (exact) mass is 488 g/mol. The molecule has 0 spiro atoms. The van der Waals surface area contributed by atoms with Crippen LogP contribution in [0.3, 0.4) is 0 Å². The van der Waals surface area contributed by atoms with Gasteiger partial charge in [-0.1, -0.05) is 31.5 Å². The van der Waals surface area contributed by atoms with Crippen molar-refractivity contribution in [1.82, 2.24) is 0 Å². The standard InChI is InChI=1S/C17H17.C5H5.C3H6.2ClH.Zr/c1-10-5-12(3)14-9-15-13(4)6-11(2)8-17(15)16(14)7-10;1-2-4-5-3-1;1-3-2;;;/h5,7-8H,9H2,1-4H3;1-3H,4H2;1-2H3;2*1H;/q2*-1;;;;+2/p-2. The predicted molar refractivity (Wildman–Crippen MR) is 110 cm³/mol. The van der Waals surface area contributed by atoms with Gasteiger partial charge in [-0.2, -0.15) is 29.3 Å². The molecule has 4 rings (SSSR count). The quantitative estimate of drug-likeness (QED) is 0.399. The average Bonchev–Trinajstić information content (AvgIpc) is 3.18. The maximum Gasteiger partial charge on any atom is -0.0393 e. The first-order valence-corrected chi connectivity index (χ1v) is 10.4. The number of allylic oxidation sites excluding steroid dienone is 4. The third kappa shape index (κ3) is 7.59. The van der Waals surface area contributed by atoms with Gasteiger partial charge in [0.1, 0.15) is 0 Å². The summed E-state index contributed by atoms with van der Waals surface area (Å²) >= 11 is 1.55. The Balaban J connectivity index is 0.000000559. The second-order valence-electron chi connectivity index (χ2n) is 7.26. The summed E-state index contributed by atoms with van der Waals surface area (Å²) in [6, 6.07) is 10.3. The van der Waals surface area contributed by atoms with Crippen molar-refractivity contribution < 1.29 is 49.0 Å². The van der Waals surface area contributed by atoms with Crippen LogP contribution in [0, 0.1) is 39.8 Å². The maximum absolute atomic E-state index is 3.44. The topological polar surface area (TPSA) is 0 Å². The largest absolute Gasteiger partial charge is 1.00 e. The van der Waals surface area contributed by atoms with Crippen molar-refractivity contribution in [3.63, 3.8) is 0 Å². The molecule has 0 nitrogen and oxygen atoms in total. The Morgan fingerprint density at radius 1 is 0.929 bits per heavy atom. The third-order valence-electron chi connectivity index (χ3n) is 4.37. The number of hydrogen-bond donors (Lipinski definition) is 0. The number of aryl methyl sites for hydroxylation is 4. The van der Waals surface area contributed by atoms with Gasteiger partial charge in [0.25, 0.3) is 0 Å². The number of rotatable bonds is 0. The molecule has 0 N–H and O–H groups in total. The molecular formula is C25H28Cl2Zr-2. The van der Waals surface area contributed by atoms with Gasteiger partial charge in [-0.05, 0) is 37.0 Å². The summed E-state index contributed by atoms with van der Waals surface area (Å²) < 4.78 is 1.51. The minimum Gasteiger partial charge on any atom is -1.00 e. The molecular weight excluding hydrogens is 462 g/mol. The van der Waals surface area contributed by atoms with E-state index in [2.05, 4.69) is 78.0 Å². The van der Waals surface area contributed by atoms with Gasteiger partial charge in [-0.3, -0.25) is 6.08 Å². The van der Waals surface area contributed by atoms with E-state index in [-0.39, 0.29) is 24.8 Å². The molecule has 0 saturated carbocycles. The molecule has 0 amide bonds. The van der Waals surface area contributed by atoms with Crippen LogP contribution in [0.1, 0.15) is 53.6 Å². The molecule has 3 heteroatoms. The van der Waals surface area contributed by atoms with Crippen molar-refractivity contribution in [3.05, 3.63) is 82.0 Å². The summed E-state index contributed by atoms with van der Waals surface area (Å²) in [6.07, 6.45) is 11.1. The number of benzene rings is 2. The fraction of sp³-hybridized carbons (Fsp3) is 0.320. The Labute approximate surface area is 198 Å². The van der Waals surface area contributed by atoms with Gasteiger partial charge in [0.2, 0.25) is 0 Å². The molecule has 0 heterocycles. The van der Waals surface area contributed by atoms with Gasteiger partial charge >= 0.3 is 41.3 Å². The first-order chi connectivity index (χ1) is 12.3. The van der Waals surface area contributed by atoms with Crippen LogP contribution >= 0.6 is 0 Å². The molecule has 0 aromatic heterocycles. The second kappa shape index (κ2) is 12.7. The zero-order chi connectivity index (χ0) is 19.3. The minimum atomic E-state index is 0. The number of hydrogen-bond acceptors (Lipinski definition) is 0. The third-order valence-corrected chi connectivity index (χ3v) is 4.37. The van der Waals surface area contributed by atoms with E-state index in [0.29, 0.717) is 0 Å². The maximum atomic E-state index is 3.44. The van der Waals surface area contributed by atoms with Gasteiger partial charge < -0.3 is 24.8 Å². The van der Waals surface area contributed by atoms with Crippen LogP contribution < -0.4 is 24.8 Å². The molecule has 0 saturated heterocycles. The minimum absolute atomic E-state index is 0. The van der Waals surface area contributed by atoms with Gasteiger partial charge in [-0.25, -0.2) is 12.2 Å². The summed E-state index contributed by atoms with van der Waals surface area (Å²) in [5, 5.41) is 0. The number of halogens is 2. The molecule has 0 fully saturated rings. The van der Waals surface area contributed by atoms with E-state index in [1.54, 1.807) is 24.2 Å². The zero-order valence-corrected chi connectivity index (χ0v) is 21.6. The smallest absolute Gasteiger partial charge is 0.0393 e. The van der Waals surface area contributed by atoms with Crippen LogP contribution in [-0.4, -0.2) is 3.21 Å². The Kier molecular flexibility index (Phi) is 12.4. The van der Waals surface area contributed by atoms with Crippen LogP contribution in [0.4, 0.5) is 0 Å². The van der Waals surface area contributed by atoms with Gasteiger partial charge in [0.05, 0.1) is 0 Å². The molecule has 0 bridgehead atoms. The summed E-state index contributed by atoms with van der Waals surface area (Å²) in [7, 11) is 0. The fourth-order valence-electron chi connectivity index (χ4n) is 3.37. The van der Waals surface area contributed by atoms with E-state index < -0.39 is 0 Å². The van der Waals surface area contributed by atoms with Gasteiger partial charge in [-0.15, -0.1) is 17.5 Å². The van der Waals surface area contributed by atoms with Crippen LogP contribution in [0.15, 0.2) is 36.4 Å². The van der Waals surface area contributed by atoms with Crippen LogP contribution in [-0.2, 0) is 30.7 Å². The molecule has 2 aromatic rings. The van der Waals surface area contributed by atoms with E-state index in [0.717, 1.165) is 12.8 Å². The molecule has 2 aliphatic rings. The SMILES string of the molecule is C[C](C)=[Zr+2].Cc1[c-]c(C)c2c(c1)-c1cc(C)cc(C)c1C2.[C-]1=CC=CC1.[Cl-].[Cl-]. The summed E-state index contributed by atoms with van der Waals surface area (Å²) in [4.78, 5) is 0. The summed E-state index contributed by atoms with van der Waals surface area (Å²) in [6.45, 7) is 13.0. The number of fused-ring (bicyclic) bond motifs is 3. The van der Waals surface area contributed by atoms with E-state index >= 15 is 0 Å². The molecule has 0 aliphatic heterocycles. The van der Waals surface area contributed by atoms with Crippen LogP contribution in [0.5, 0.6) is 0 Å². The van der Waals surface area contributed by atoms with Crippen molar-refractivity contribution in [2.24, 2.45) is 0 Å². The van der Waals surface area contributed by atoms with Crippen molar-refractivity contribution >= 4 is 3.21 Å². The first kappa shape index (κ1) is 27.3. The zero-order valence-electron chi connectivity index (χ0n) is 17.6. The summed E-state index contributed by atoms with van der Waals surface area (Å²) in [5.74, 6) is 0. The van der Waals surface area contributed by atoms with E-state index in [1.165, 1.54) is 47.7 Å². The van der Waals surface area contributed by atoms with Gasteiger partial charge in [0.15, 0.2) is 0 Å². The fourth-order valence-corrected chi connectivity index (χ4v) is 3.37. The van der Waals surface area contributed by atoms with Crippen LogP contribution in [0.25, 0.3) is 11.1 Å². The Hall–Kier alpha value is -0.747. The van der Waals surface area contributed by atoms with E-state index in [1.807, 2.05) is 12.2 Å². The van der Waals surface area contributed by atoms with Crippen molar-refractivity contribution in [3.8, 4) is 11.1 Å². The molecule has 0 unspecified atom stereocenters. The van der Waals surface area contributed by atoms with Crippen molar-refractivity contribution in [1.29, 1.82) is 0 Å². The Morgan fingerprint density at radius 2 is 1.54 bits per heavy atom. The predicted octanol–water partition coefficient (Wildman–Crippen LogP) is 0.351. The molecule has 2 aliphatic carbocycles. The first-order valence-electron chi connectivity index (χ1n) is 9.16. The molecule has 0 atom stereocenters.